The van der Waals surface area contributed by atoms with Crippen molar-refractivity contribution in [2.24, 2.45) is 7.05 Å². The molecule has 2 aliphatic rings. The lowest BCUT2D eigenvalue weighted by molar-refractivity contribution is -0.148. The van der Waals surface area contributed by atoms with Gasteiger partial charge in [0.2, 0.25) is 5.60 Å². The molecule has 1 N–H and O–H groups in total. The summed E-state index contributed by atoms with van der Waals surface area (Å²) in [6.45, 7) is 0. The van der Waals surface area contributed by atoms with Crippen molar-refractivity contribution in [2.75, 3.05) is 11.9 Å². The molecule has 2 atom stereocenters. The Kier molecular flexibility index (Phi) is 3.24. The smallest absolute Gasteiger partial charge is 0.273 e. The second kappa shape index (κ2) is 5.44. The molecule has 0 unspecified atom stereocenters. The lowest BCUT2D eigenvalue weighted by atomic mass is 9.82. The number of hydrogen-bond acceptors (Lipinski definition) is 3. The number of anilines is 1. The van der Waals surface area contributed by atoms with Gasteiger partial charge in [0.15, 0.2) is 0 Å². The summed E-state index contributed by atoms with van der Waals surface area (Å²) >= 11 is 0. The van der Waals surface area contributed by atoms with Gasteiger partial charge in [-0.25, -0.2) is 0 Å². The molecule has 0 aliphatic carbocycles. The lowest BCUT2D eigenvalue weighted by Gasteiger charge is -2.36. The first-order chi connectivity index (χ1) is 13.0. The van der Waals surface area contributed by atoms with Crippen LogP contribution >= 0.6 is 0 Å². The maximum Gasteiger partial charge on any atom is 0.273 e. The normalized spacial score (nSPS) is 23.6. The number of fused-ring (bicyclic) bond motifs is 4. The second-order valence-corrected chi connectivity index (χ2v) is 7.11. The Balaban J connectivity index is 1.81. The highest BCUT2D eigenvalue weighted by Crippen LogP contribution is 2.51. The maximum absolute atomic E-state index is 13.5. The number of H-pyrrole nitrogens is 1. The highest BCUT2D eigenvalue weighted by molar-refractivity contribution is 6.09. The van der Waals surface area contributed by atoms with Crippen LogP contribution in [-0.2, 0) is 28.6 Å². The Morgan fingerprint density at radius 3 is 2.52 bits per heavy atom. The van der Waals surface area contributed by atoms with Crippen molar-refractivity contribution in [1.29, 1.82) is 0 Å². The SMILES string of the molecule is CN1C(=O)[C@]2(O[C@H](c3ccccc3)Cc3[nH]n(C)c(=O)c32)c2ccccc21. The Morgan fingerprint density at radius 2 is 1.74 bits per heavy atom. The Bertz CT molecular complexity index is 1120. The molecule has 3 aromatic rings. The number of ether oxygens (including phenoxy) is 1. The minimum Gasteiger partial charge on any atom is -0.347 e. The van der Waals surface area contributed by atoms with Crippen molar-refractivity contribution in [3.8, 4) is 0 Å². The van der Waals surface area contributed by atoms with Crippen LogP contribution in [0.5, 0.6) is 0 Å². The number of hydrogen-bond donors (Lipinski definition) is 1. The van der Waals surface area contributed by atoms with Crippen LogP contribution in [0.15, 0.2) is 59.4 Å². The van der Waals surface area contributed by atoms with Gasteiger partial charge in [0.25, 0.3) is 11.5 Å². The quantitative estimate of drug-likeness (QED) is 0.723. The Hall–Kier alpha value is -3.12. The van der Waals surface area contributed by atoms with Crippen LogP contribution in [0.2, 0.25) is 0 Å². The van der Waals surface area contributed by atoms with Crippen molar-refractivity contribution in [3.05, 3.63) is 87.3 Å². The molecular weight excluding hydrogens is 342 g/mol. The van der Waals surface area contributed by atoms with E-state index < -0.39 is 5.60 Å². The summed E-state index contributed by atoms with van der Waals surface area (Å²) < 4.78 is 7.95. The summed E-state index contributed by atoms with van der Waals surface area (Å²) in [5.41, 5.74) is 1.97. The minimum atomic E-state index is -1.42. The van der Waals surface area contributed by atoms with E-state index in [4.69, 9.17) is 4.74 Å². The van der Waals surface area contributed by atoms with E-state index in [-0.39, 0.29) is 17.6 Å². The van der Waals surface area contributed by atoms with E-state index in [0.29, 0.717) is 12.0 Å². The number of nitrogens with one attached hydrogen (secondary N) is 1. The van der Waals surface area contributed by atoms with E-state index in [1.807, 2.05) is 54.6 Å². The fraction of sp³-hybridized carbons (Fsp3) is 0.238. The number of amides is 1. The summed E-state index contributed by atoms with van der Waals surface area (Å²) in [6, 6.07) is 17.3. The third kappa shape index (κ3) is 1.99. The minimum absolute atomic E-state index is 0.227. The molecule has 0 saturated carbocycles. The first-order valence-corrected chi connectivity index (χ1v) is 8.93. The molecule has 2 aromatic carbocycles. The van der Waals surface area contributed by atoms with Gasteiger partial charge in [0.05, 0.1) is 17.4 Å². The number of carbonyl (C=O) groups excluding carboxylic acids is 1. The number of aryl methyl sites for hydroxylation is 1. The lowest BCUT2D eigenvalue weighted by Crippen LogP contribution is -2.48. The molecule has 0 bridgehead atoms. The standard InChI is InChI=1S/C21H19N3O3/c1-23-16-11-7-6-10-14(16)21(20(23)26)18-15(22-24(2)19(18)25)12-17(27-21)13-8-4-3-5-9-13/h3-11,17,22H,12H2,1-2H3/t17-,21-/m0/s1. The molecule has 6 nitrogen and oxygen atoms in total. The number of likely N-dealkylation sites (N-methyl/N-ethyl adjacent to an activating group) is 1. The molecule has 1 aromatic heterocycles. The molecule has 5 rings (SSSR count). The number of benzene rings is 2. The Morgan fingerprint density at radius 1 is 1.04 bits per heavy atom. The molecular formula is C21H19N3O3. The van der Waals surface area contributed by atoms with E-state index >= 15 is 0 Å². The van der Waals surface area contributed by atoms with Gasteiger partial charge in [0, 0.05) is 31.8 Å². The largest absolute Gasteiger partial charge is 0.347 e. The molecule has 0 radical (unpaired) electrons. The topological polar surface area (TPSA) is 67.3 Å². The molecule has 2 aliphatic heterocycles. The maximum atomic E-state index is 13.5. The molecule has 0 saturated heterocycles. The summed E-state index contributed by atoms with van der Waals surface area (Å²) in [4.78, 5) is 28.0. The molecule has 27 heavy (non-hydrogen) atoms. The first-order valence-electron chi connectivity index (χ1n) is 8.93. The second-order valence-electron chi connectivity index (χ2n) is 7.11. The first kappa shape index (κ1) is 16.1. The molecule has 3 heterocycles. The van der Waals surface area contributed by atoms with E-state index in [9.17, 15) is 9.59 Å². The predicted octanol–water partition coefficient (Wildman–Crippen LogP) is 2.25. The average molecular weight is 361 g/mol. The zero-order valence-electron chi connectivity index (χ0n) is 15.1. The van der Waals surface area contributed by atoms with Gasteiger partial charge in [-0.05, 0) is 11.6 Å². The highest BCUT2D eigenvalue weighted by Gasteiger charge is 2.58. The number of rotatable bonds is 1. The van der Waals surface area contributed by atoms with Crippen LogP contribution in [0.1, 0.15) is 28.5 Å². The number of aromatic nitrogens is 2. The molecule has 1 amide bonds. The molecule has 6 heteroatoms. The van der Waals surface area contributed by atoms with Crippen molar-refractivity contribution in [1.82, 2.24) is 9.78 Å². The fourth-order valence-electron chi connectivity index (χ4n) is 4.35. The third-order valence-corrected chi connectivity index (χ3v) is 5.61. The van der Waals surface area contributed by atoms with Crippen LogP contribution in [0.4, 0.5) is 5.69 Å². The predicted molar refractivity (Wildman–Crippen MR) is 101 cm³/mol. The molecule has 136 valence electrons. The monoisotopic (exact) mass is 361 g/mol. The third-order valence-electron chi connectivity index (χ3n) is 5.61. The zero-order valence-corrected chi connectivity index (χ0v) is 15.1. The molecule has 1 spiro atoms. The van der Waals surface area contributed by atoms with E-state index in [1.165, 1.54) is 4.68 Å². The Labute approximate surface area is 156 Å². The van der Waals surface area contributed by atoms with Crippen LogP contribution in [0, 0.1) is 0 Å². The van der Waals surface area contributed by atoms with Crippen molar-refractivity contribution in [3.63, 3.8) is 0 Å². The van der Waals surface area contributed by atoms with Gasteiger partial charge >= 0.3 is 0 Å². The van der Waals surface area contributed by atoms with Crippen molar-refractivity contribution >= 4 is 11.6 Å². The van der Waals surface area contributed by atoms with E-state index in [0.717, 1.165) is 22.5 Å². The van der Waals surface area contributed by atoms with Gasteiger partial charge < -0.3 is 9.64 Å². The van der Waals surface area contributed by atoms with Crippen LogP contribution in [0.3, 0.4) is 0 Å². The van der Waals surface area contributed by atoms with Crippen LogP contribution < -0.4 is 10.5 Å². The van der Waals surface area contributed by atoms with Gasteiger partial charge in [-0.2, -0.15) is 0 Å². The summed E-state index contributed by atoms with van der Waals surface area (Å²) in [5, 5.41) is 3.14. The number of aromatic amines is 1. The van der Waals surface area contributed by atoms with Crippen LogP contribution in [-0.4, -0.2) is 22.7 Å². The fourth-order valence-corrected chi connectivity index (χ4v) is 4.35. The summed E-state index contributed by atoms with van der Waals surface area (Å²) in [5.74, 6) is -0.234. The van der Waals surface area contributed by atoms with Crippen molar-refractivity contribution in [2.45, 2.75) is 18.1 Å². The average Bonchev–Trinajstić information content (AvgIpc) is 3.10. The van der Waals surface area contributed by atoms with Gasteiger partial charge in [-0.3, -0.25) is 19.4 Å². The van der Waals surface area contributed by atoms with Gasteiger partial charge in [0.1, 0.15) is 0 Å². The zero-order chi connectivity index (χ0) is 18.8. The number of nitrogens with zero attached hydrogens (tertiary/aromatic N) is 2. The number of para-hydroxylation sites is 1. The van der Waals surface area contributed by atoms with Gasteiger partial charge in [-0.1, -0.05) is 48.5 Å². The highest BCUT2D eigenvalue weighted by atomic mass is 16.5. The number of carbonyl (C=O) groups is 1. The summed E-state index contributed by atoms with van der Waals surface area (Å²) in [7, 11) is 3.39. The van der Waals surface area contributed by atoms with E-state index in [2.05, 4.69) is 5.10 Å². The van der Waals surface area contributed by atoms with E-state index in [1.54, 1.807) is 19.0 Å². The van der Waals surface area contributed by atoms with Crippen molar-refractivity contribution < 1.29 is 9.53 Å². The summed E-state index contributed by atoms with van der Waals surface area (Å²) in [6.07, 6.45) is 0.177. The molecule has 0 fully saturated rings. The van der Waals surface area contributed by atoms with Gasteiger partial charge in [-0.15, -0.1) is 0 Å². The van der Waals surface area contributed by atoms with Crippen LogP contribution in [0.25, 0.3) is 0 Å².